The number of hydrogen-bond acceptors (Lipinski definition) is 5. The lowest BCUT2D eigenvalue weighted by Gasteiger charge is -2.15. The van der Waals surface area contributed by atoms with E-state index in [0.29, 0.717) is 30.1 Å². The Hall–Kier alpha value is -1.84. The second-order valence-electron chi connectivity index (χ2n) is 5.21. The van der Waals surface area contributed by atoms with Gasteiger partial charge in [0, 0.05) is 35.6 Å². The molecule has 25 heavy (non-hydrogen) atoms. The molecule has 10 heteroatoms. The Labute approximate surface area is 155 Å². The van der Waals surface area contributed by atoms with Gasteiger partial charge < -0.3 is 10.0 Å². The number of aromatic nitrogens is 1. The number of anilines is 1. The quantitative estimate of drug-likeness (QED) is 0.737. The van der Waals surface area contributed by atoms with Gasteiger partial charge in [0.05, 0.1) is 4.90 Å². The van der Waals surface area contributed by atoms with Gasteiger partial charge in [-0.2, -0.15) is 0 Å². The zero-order chi connectivity index (χ0) is 18.6. The SMILES string of the molecule is CCN(CCc1cnc(NS(=O)(=O)c2cccc(Cl)c2C)s1)C(=O)O. The maximum Gasteiger partial charge on any atom is 0.407 e. The molecule has 0 saturated carbocycles. The van der Waals surface area contributed by atoms with E-state index in [4.69, 9.17) is 16.7 Å². The molecular weight excluding hydrogens is 386 g/mol. The minimum Gasteiger partial charge on any atom is -0.465 e. The number of rotatable bonds is 7. The van der Waals surface area contributed by atoms with Crippen LogP contribution in [0, 0.1) is 6.92 Å². The molecule has 1 heterocycles. The Kier molecular flexibility index (Phi) is 6.26. The largest absolute Gasteiger partial charge is 0.465 e. The standard InChI is InChI=1S/C15H18ClN3O4S2/c1-3-19(15(20)21)8-7-11-9-17-14(24-11)18-25(22,23)13-6-4-5-12(16)10(13)2/h4-6,9H,3,7-8H2,1-2H3,(H,17,18)(H,20,21). The molecule has 1 amide bonds. The van der Waals surface area contributed by atoms with Gasteiger partial charge >= 0.3 is 6.09 Å². The van der Waals surface area contributed by atoms with Gasteiger partial charge in [-0.15, -0.1) is 11.3 Å². The first-order valence-electron chi connectivity index (χ1n) is 7.45. The normalized spacial score (nSPS) is 11.3. The molecule has 7 nitrogen and oxygen atoms in total. The van der Waals surface area contributed by atoms with Crippen molar-refractivity contribution in [3.8, 4) is 0 Å². The fourth-order valence-electron chi connectivity index (χ4n) is 2.15. The summed E-state index contributed by atoms with van der Waals surface area (Å²) < 4.78 is 27.4. The lowest BCUT2D eigenvalue weighted by molar-refractivity contribution is 0.148. The van der Waals surface area contributed by atoms with E-state index in [0.717, 1.165) is 4.88 Å². The number of benzene rings is 1. The Balaban J connectivity index is 2.10. The van der Waals surface area contributed by atoms with E-state index in [2.05, 4.69) is 9.71 Å². The van der Waals surface area contributed by atoms with Crippen molar-refractivity contribution in [2.45, 2.75) is 25.2 Å². The molecule has 0 saturated heterocycles. The molecular formula is C15H18ClN3O4S2. The molecule has 0 radical (unpaired) electrons. The topological polar surface area (TPSA) is 99.6 Å². The third-order valence-corrected chi connectivity index (χ3v) is 6.56. The smallest absolute Gasteiger partial charge is 0.407 e. The van der Waals surface area contributed by atoms with E-state index in [1.54, 1.807) is 32.2 Å². The number of amides is 1. The van der Waals surface area contributed by atoms with Crippen LogP contribution in [0.4, 0.5) is 9.93 Å². The van der Waals surface area contributed by atoms with Crippen molar-refractivity contribution in [2.24, 2.45) is 0 Å². The van der Waals surface area contributed by atoms with Crippen LogP contribution in [-0.2, 0) is 16.4 Å². The van der Waals surface area contributed by atoms with Crippen molar-refractivity contribution >= 4 is 44.2 Å². The number of halogens is 1. The van der Waals surface area contributed by atoms with Gasteiger partial charge in [-0.25, -0.2) is 18.2 Å². The monoisotopic (exact) mass is 403 g/mol. The van der Waals surface area contributed by atoms with Gasteiger partial charge in [-0.3, -0.25) is 4.72 Å². The fraction of sp³-hybridized carbons (Fsp3) is 0.333. The van der Waals surface area contributed by atoms with E-state index in [1.165, 1.54) is 22.3 Å². The van der Waals surface area contributed by atoms with Crippen LogP contribution in [0.2, 0.25) is 5.02 Å². The van der Waals surface area contributed by atoms with Crippen LogP contribution in [-0.4, -0.2) is 42.6 Å². The minimum absolute atomic E-state index is 0.0970. The lowest BCUT2D eigenvalue weighted by Crippen LogP contribution is -2.30. The molecule has 1 aromatic carbocycles. The van der Waals surface area contributed by atoms with E-state index in [1.807, 2.05) is 0 Å². The van der Waals surface area contributed by atoms with Gasteiger partial charge in [-0.1, -0.05) is 17.7 Å². The average Bonchev–Trinajstić information content (AvgIpc) is 2.96. The Morgan fingerprint density at radius 1 is 1.44 bits per heavy atom. The van der Waals surface area contributed by atoms with Crippen molar-refractivity contribution in [3.63, 3.8) is 0 Å². The number of nitrogens with zero attached hydrogens (tertiary/aromatic N) is 2. The van der Waals surface area contributed by atoms with Crippen molar-refractivity contribution in [3.05, 3.63) is 39.9 Å². The van der Waals surface area contributed by atoms with Gasteiger partial charge in [0.2, 0.25) is 0 Å². The first kappa shape index (κ1) is 19.5. The Bertz CT molecular complexity index is 867. The van der Waals surface area contributed by atoms with Crippen LogP contribution >= 0.6 is 22.9 Å². The molecule has 2 aromatic rings. The summed E-state index contributed by atoms with van der Waals surface area (Å²) in [6.45, 7) is 4.11. The number of hydrogen-bond donors (Lipinski definition) is 2. The summed E-state index contributed by atoms with van der Waals surface area (Å²) in [5.41, 5.74) is 0.466. The molecule has 0 aliphatic carbocycles. The second-order valence-corrected chi connectivity index (χ2v) is 8.39. The van der Waals surface area contributed by atoms with Crippen LogP contribution in [0.25, 0.3) is 0 Å². The molecule has 0 spiro atoms. The first-order chi connectivity index (χ1) is 11.7. The molecule has 0 bridgehead atoms. The van der Waals surface area contributed by atoms with Crippen molar-refractivity contribution in [2.75, 3.05) is 17.8 Å². The third kappa shape index (κ3) is 4.83. The minimum atomic E-state index is -3.79. The van der Waals surface area contributed by atoms with Crippen molar-refractivity contribution in [1.29, 1.82) is 0 Å². The summed E-state index contributed by atoms with van der Waals surface area (Å²) >= 11 is 7.15. The predicted molar refractivity (Wildman–Crippen MR) is 98.1 cm³/mol. The van der Waals surface area contributed by atoms with Crippen molar-refractivity contribution in [1.82, 2.24) is 9.88 Å². The van der Waals surface area contributed by atoms with E-state index in [-0.39, 0.29) is 10.0 Å². The average molecular weight is 404 g/mol. The molecule has 0 fully saturated rings. The van der Waals surface area contributed by atoms with E-state index in [9.17, 15) is 13.2 Å². The van der Waals surface area contributed by atoms with Crippen LogP contribution in [0.5, 0.6) is 0 Å². The maximum absolute atomic E-state index is 12.5. The lowest BCUT2D eigenvalue weighted by atomic mass is 10.2. The highest BCUT2D eigenvalue weighted by molar-refractivity contribution is 7.93. The molecule has 0 aliphatic heterocycles. The second kappa shape index (κ2) is 8.03. The molecule has 0 unspecified atom stereocenters. The van der Waals surface area contributed by atoms with Gasteiger partial charge in [0.25, 0.3) is 10.0 Å². The molecule has 136 valence electrons. The molecule has 2 N–H and O–H groups in total. The highest BCUT2D eigenvalue weighted by Gasteiger charge is 2.20. The van der Waals surface area contributed by atoms with Gasteiger partial charge in [-0.05, 0) is 31.5 Å². The Morgan fingerprint density at radius 3 is 2.80 bits per heavy atom. The summed E-state index contributed by atoms with van der Waals surface area (Å²) in [5, 5.41) is 9.60. The van der Waals surface area contributed by atoms with E-state index >= 15 is 0 Å². The summed E-state index contributed by atoms with van der Waals surface area (Å²) in [7, 11) is -3.79. The fourth-order valence-corrected chi connectivity index (χ4v) is 4.70. The number of thiazole rings is 1. The maximum atomic E-state index is 12.5. The Morgan fingerprint density at radius 2 is 2.16 bits per heavy atom. The highest BCUT2D eigenvalue weighted by atomic mass is 35.5. The predicted octanol–water partition coefficient (Wildman–Crippen LogP) is 3.45. The zero-order valence-corrected chi connectivity index (χ0v) is 16.1. The van der Waals surface area contributed by atoms with Gasteiger partial charge in [0.15, 0.2) is 5.13 Å². The third-order valence-electron chi connectivity index (χ3n) is 3.56. The van der Waals surface area contributed by atoms with Crippen LogP contribution in [0.15, 0.2) is 29.3 Å². The van der Waals surface area contributed by atoms with Crippen LogP contribution in [0.3, 0.4) is 0 Å². The summed E-state index contributed by atoms with van der Waals surface area (Å²) in [6, 6.07) is 4.67. The van der Waals surface area contributed by atoms with Gasteiger partial charge in [0.1, 0.15) is 0 Å². The zero-order valence-electron chi connectivity index (χ0n) is 13.7. The molecule has 0 atom stereocenters. The first-order valence-corrected chi connectivity index (χ1v) is 10.1. The molecule has 1 aromatic heterocycles. The summed E-state index contributed by atoms with van der Waals surface area (Å²) in [5.74, 6) is 0. The van der Waals surface area contributed by atoms with Crippen molar-refractivity contribution < 1.29 is 18.3 Å². The van der Waals surface area contributed by atoms with Crippen LogP contribution in [0.1, 0.15) is 17.4 Å². The summed E-state index contributed by atoms with van der Waals surface area (Å²) in [6.07, 6.45) is 1.03. The van der Waals surface area contributed by atoms with Crippen LogP contribution < -0.4 is 4.72 Å². The van der Waals surface area contributed by atoms with E-state index < -0.39 is 16.1 Å². The highest BCUT2D eigenvalue weighted by Crippen LogP contribution is 2.26. The molecule has 2 rings (SSSR count). The number of carbonyl (C=O) groups is 1. The number of nitrogens with one attached hydrogen (secondary N) is 1. The summed E-state index contributed by atoms with van der Waals surface area (Å²) in [4.78, 5) is 17.2. The number of carboxylic acid groups (broad SMARTS) is 1. The molecule has 0 aliphatic rings. The number of likely N-dealkylation sites (N-methyl/N-ethyl adjacent to an activating group) is 1. The number of sulfonamides is 1.